The highest BCUT2D eigenvalue weighted by Gasteiger charge is 2.22. The van der Waals surface area contributed by atoms with Crippen molar-refractivity contribution in [3.63, 3.8) is 0 Å². The Morgan fingerprint density at radius 1 is 1.50 bits per heavy atom. The first-order valence-electron chi connectivity index (χ1n) is 4.13. The van der Waals surface area contributed by atoms with E-state index >= 15 is 0 Å². The summed E-state index contributed by atoms with van der Waals surface area (Å²) in [4.78, 5) is 10.3. The van der Waals surface area contributed by atoms with Gasteiger partial charge in [-0.2, -0.15) is 11.3 Å². The standard InChI is InChI=1S/C9H12O4S/c1-5-3-14-4-6(5)9(13)7(10)2-8(11)12/h3-4,7,9-10,13H,2H2,1H3,(H,11,12). The molecule has 0 fully saturated rings. The van der Waals surface area contributed by atoms with Gasteiger partial charge < -0.3 is 15.3 Å². The van der Waals surface area contributed by atoms with Crippen LogP contribution in [-0.2, 0) is 4.79 Å². The van der Waals surface area contributed by atoms with E-state index in [-0.39, 0.29) is 0 Å². The van der Waals surface area contributed by atoms with Gasteiger partial charge in [-0.25, -0.2) is 0 Å². The lowest BCUT2D eigenvalue weighted by Crippen LogP contribution is -2.21. The van der Waals surface area contributed by atoms with Gasteiger partial charge in [-0.15, -0.1) is 0 Å². The van der Waals surface area contributed by atoms with Crippen LogP contribution < -0.4 is 0 Å². The average molecular weight is 216 g/mol. The van der Waals surface area contributed by atoms with Gasteiger partial charge in [0.25, 0.3) is 0 Å². The Hall–Kier alpha value is -0.910. The first kappa shape index (κ1) is 11.2. The number of aliphatic hydroxyl groups is 2. The summed E-state index contributed by atoms with van der Waals surface area (Å²) in [5, 5.41) is 30.9. The van der Waals surface area contributed by atoms with Crippen LogP contribution in [0, 0.1) is 6.92 Å². The van der Waals surface area contributed by atoms with Crippen molar-refractivity contribution in [1.29, 1.82) is 0 Å². The minimum atomic E-state index is -1.25. The molecule has 78 valence electrons. The molecular weight excluding hydrogens is 204 g/mol. The quantitative estimate of drug-likeness (QED) is 0.699. The third kappa shape index (κ3) is 2.54. The monoisotopic (exact) mass is 216 g/mol. The molecule has 0 spiro atoms. The zero-order valence-corrected chi connectivity index (χ0v) is 8.49. The van der Waals surface area contributed by atoms with E-state index in [1.54, 1.807) is 5.38 Å². The first-order chi connectivity index (χ1) is 6.52. The second kappa shape index (κ2) is 4.54. The van der Waals surface area contributed by atoms with Crippen molar-refractivity contribution in [2.75, 3.05) is 0 Å². The Kier molecular flexibility index (Phi) is 3.62. The smallest absolute Gasteiger partial charge is 0.306 e. The highest BCUT2D eigenvalue weighted by Crippen LogP contribution is 2.25. The summed E-state index contributed by atoms with van der Waals surface area (Å²) in [6.07, 6.45) is -2.81. The molecule has 2 unspecified atom stereocenters. The summed E-state index contributed by atoms with van der Waals surface area (Å²) >= 11 is 1.41. The van der Waals surface area contributed by atoms with E-state index < -0.39 is 24.6 Å². The molecule has 0 amide bonds. The van der Waals surface area contributed by atoms with Crippen molar-refractivity contribution in [1.82, 2.24) is 0 Å². The first-order valence-corrected chi connectivity index (χ1v) is 5.07. The van der Waals surface area contributed by atoms with Gasteiger partial charge in [0.05, 0.1) is 12.5 Å². The minimum Gasteiger partial charge on any atom is -0.481 e. The molecule has 0 radical (unpaired) electrons. The number of carboxylic acid groups (broad SMARTS) is 1. The summed E-state index contributed by atoms with van der Waals surface area (Å²) in [7, 11) is 0. The van der Waals surface area contributed by atoms with Crippen molar-refractivity contribution < 1.29 is 20.1 Å². The SMILES string of the molecule is Cc1cscc1C(O)C(O)CC(=O)O. The molecule has 1 aromatic rings. The Morgan fingerprint density at radius 3 is 2.57 bits per heavy atom. The molecule has 1 heterocycles. The summed E-state index contributed by atoms with van der Waals surface area (Å²) in [6, 6.07) is 0. The van der Waals surface area contributed by atoms with Gasteiger partial charge in [-0.1, -0.05) is 0 Å². The van der Waals surface area contributed by atoms with E-state index in [9.17, 15) is 15.0 Å². The van der Waals surface area contributed by atoms with Crippen LogP contribution in [0.4, 0.5) is 0 Å². The molecule has 1 rings (SSSR count). The van der Waals surface area contributed by atoms with Crippen LogP contribution in [0.2, 0.25) is 0 Å². The Bertz CT molecular complexity index is 320. The molecule has 1 aromatic heterocycles. The molecule has 4 nitrogen and oxygen atoms in total. The van der Waals surface area contributed by atoms with Crippen molar-refractivity contribution in [3.8, 4) is 0 Å². The molecule has 0 bridgehead atoms. The van der Waals surface area contributed by atoms with Crippen LogP contribution in [0.3, 0.4) is 0 Å². The van der Waals surface area contributed by atoms with Crippen molar-refractivity contribution in [2.24, 2.45) is 0 Å². The topological polar surface area (TPSA) is 77.8 Å². The number of rotatable bonds is 4. The molecule has 5 heteroatoms. The van der Waals surface area contributed by atoms with Gasteiger partial charge in [0.2, 0.25) is 0 Å². The lowest BCUT2D eigenvalue weighted by atomic mass is 10.0. The molecule has 0 aromatic carbocycles. The van der Waals surface area contributed by atoms with E-state index in [2.05, 4.69) is 0 Å². The van der Waals surface area contributed by atoms with E-state index in [1.165, 1.54) is 11.3 Å². The Balaban J connectivity index is 2.70. The normalized spacial score (nSPS) is 15.1. The van der Waals surface area contributed by atoms with Crippen LogP contribution in [0.25, 0.3) is 0 Å². The fourth-order valence-corrected chi connectivity index (χ4v) is 2.05. The van der Waals surface area contributed by atoms with E-state index in [1.807, 2.05) is 12.3 Å². The second-order valence-electron chi connectivity index (χ2n) is 3.12. The van der Waals surface area contributed by atoms with Gasteiger partial charge in [0.15, 0.2) is 0 Å². The average Bonchev–Trinajstić information content (AvgIpc) is 2.48. The predicted octanol–water partition coefficient (Wildman–Crippen LogP) is 0.926. The van der Waals surface area contributed by atoms with Crippen LogP contribution in [0.1, 0.15) is 23.7 Å². The fourth-order valence-electron chi connectivity index (χ4n) is 1.17. The van der Waals surface area contributed by atoms with E-state index in [4.69, 9.17) is 5.11 Å². The molecule has 0 aliphatic rings. The van der Waals surface area contributed by atoms with Crippen molar-refractivity contribution >= 4 is 17.3 Å². The van der Waals surface area contributed by atoms with Crippen LogP contribution in [-0.4, -0.2) is 27.4 Å². The molecule has 3 N–H and O–H groups in total. The molecule has 0 saturated heterocycles. The molecule has 14 heavy (non-hydrogen) atoms. The van der Waals surface area contributed by atoms with Gasteiger partial charge in [-0.3, -0.25) is 4.79 Å². The third-order valence-corrected chi connectivity index (χ3v) is 2.84. The zero-order chi connectivity index (χ0) is 10.7. The molecule has 2 atom stereocenters. The Labute approximate surface area is 85.4 Å². The molecule has 0 aliphatic heterocycles. The fraction of sp³-hybridized carbons (Fsp3) is 0.444. The second-order valence-corrected chi connectivity index (χ2v) is 3.86. The largest absolute Gasteiger partial charge is 0.481 e. The summed E-state index contributed by atoms with van der Waals surface area (Å²) in [5.41, 5.74) is 1.47. The molecular formula is C9H12O4S. The maximum atomic E-state index is 10.3. The number of aliphatic hydroxyl groups excluding tert-OH is 2. The summed E-state index contributed by atoms with van der Waals surface area (Å²) in [6.45, 7) is 1.81. The number of aliphatic carboxylic acids is 1. The van der Waals surface area contributed by atoms with Gasteiger partial charge >= 0.3 is 5.97 Å². The van der Waals surface area contributed by atoms with Gasteiger partial charge in [-0.05, 0) is 28.8 Å². The van der Waals surface area contributed by atoms with E-state index in [0.717, 1.165) is 5.56 Å². The van der Waals surface area contributed by atoms with Gasteiger partial charge in [0, 0.05) is 0 Å². The number of hydrogen-bond acceptors (Lipinski definition) is 4. The van der Waals surface area contributed by atoms with Crippen LogP contribution >= 0.6 is 11.3 Å². The highest BCUT2D eigenvalue weighted by atomic mass is 32.1. The molecule has 0 saturated carbocycles. The zero-order valence-electron chi connectivity index (χ0n) is 7.67. The van der Waals surface area contributed by atoms with Crippen molar-refractivity contribution in [2.45, 2.75) is 25.6 Å². The Morgan fingerprint density at radius 2 is 2.14 bits per heavy atom. The third-order valence-electron chi connectivity index (χ3n) is 1.96. The lowest BCUT2D eigenvalue weighted by Gasteiger charge is -2.15. The number of thiophene rings is 1. The van der Waals surface area contributed by atoms with Crippen LogP contribution in [0.5, 0.6) is 0 Å². The van der Waals surface area contributed by atoms with Crippen molar-refractivity contribution in [3.05, 3.63) is 21.9 Å². The van der Waals surface area contributed by atoms with E-state index in [0.29, 0.717) is 5.56 Å². The lowest BCUT2D eigenvalue weighted by molar-refractivity contribution is -0.141. The number of aryl methyl sites for hydroxylation is 1. The van der Waals surface area contributed by atoms with Crippen LogP contribution in [0.15, 0.2) is 10.8 Å². The maximum Gasteiger partial charge on any atom is 0.306 e. The predicted molar refractivity (Wildman–Crippen MR) is 52.3 cm³/mol. The van der Waals surface area contributed by atoms with Gasteiger partial charge in [0.1, 0.15) is 6.10 Å². The number of carboxylic acids is 1. The number of carbonyl (C=O) groups is 1. The highest BCUT2D eigenvalue weighted by molar-refractivity contribution is 7.08. The summed E-state index contributed by atoms with van der Waals surface area (Å²) < 4.78 is 0. The summed E-state index contributed by atoms with van der Waals surface area (Å²) in [5.74, 6) is -1.12. The number of hydrogen-bond donors (Lipinski definition) is 3. The maximum absolute atomic E-state index is 10.3. The minimum absolute atomic E-state index is 0.448. The molecule has 0 aliphatic carbocycles.